The molecular formula is C26H26ClFN2O2S. The number of hydrogen-bond acceptors (Lipinski definition) is 3. The molecule has 0 aliphatic rings. The summed E-state index contributed by atoms with van der Waals surface area (Å²) in [5, 5.41) is 3.36. The Morgan fingerprint density at radius 3 is 2.21 bits per heavy atom. The van der Waals surface area contributed by atoms with Crippen LogP contribution in [0.2, 0.25) is 5.02 Å². The van der Waals surface area contributed by atoms with E-state index < -0.39 is 6.04 Å². The van der Waals surface area contributed by atoms with Crippen LogP contribution >= 0.6 is 23.4 Å². The summed E-state index contributed by atoms with van der Waals surface area (Å²) in [7, 11) is 1.57. The van der Waals surface area contributed by atoms with E-state index in [-0.39, 0.29) is 29.9 Å². The maximum absolute atomic E-state index is 13.4. The monoisotopic (exact) mass is 484 g/mol. The Hall–Kier alpha value is -2.83. The third kappa shape index (κ3) is 7.62. The molecule has 0 aliphatic carbocycles. The smallest absolute Gasteiger partial charge is 0.242 e. The lowest BCUT2D eigenvalue weighted by Gasteiger charge is -2.31. The second-order valence-corrected chi connectivity index (χ2v) is 9.01. The van der Waals surface area contributed by atoms with Gasteiger partial charge in [-0.2, -0.15) is 0 Å². The minimum atomic E-state index is -0.689. The maximum atomic E-state index is 13.4. The fourth-order valence-corrected chi connectivity index (χ4v) is 4.42. The Kier molecular flexibility index (Phi) is 9.34. The summed E-state index contributed by atoms with van der Waals surface area (Å²) in [4.78, 5) is 27.8. The van der Waals surface area contributed by atoms with Gasteiger partial charge >= 0.3 is 0 Å². The zero-order chi connectivity index (χ0) is 23.6. The second kappa shape index (κ2) is 12.4. The van der Waals surface area contributed by atoms with Gasteiger partial charge in [0.15, 0.2) is 0 Å². The van der Waals surface area contributed by atoms with Crippen LogP contribution in [-0.2, 0) is 28.3 Å². The van der Waals surface area contributed by atoms with Gasteiger partial charge in [0.25, 0.3) is 0 Å². The van der Waals surface area contributed by atoms with Gasteiger partial charge in [-0.05, 0) is 41.0 Å². The van der Waals surface area contributed by atoms with E-state index in [4.69, 9.17) is 11.6 Å². The van der Waals surface area contributed by atoms with E-state index >= 15 is 0 Å². The molecule has 3 aromatic carbocycles. The Balaban J connectivity index is 1.79. The van der Waals surface area contributed by atoms with Gasteiger partial charge in [-0.1, -0.05) is 66.2 Å². The molecule has 7 heteroatoms. The predicted octanol–water partition coefficient (Wildman–Crippen LogP) is 5.10. The molecule has 33 heavy (non-hydrogen) atoms. The highest BCUT2D eigenvalue weighted by atomic mass is 35.5. The van der Waals surface area contributed by atoms with Crippen LogP contribution < -0.4 is 5.32 Å². The fourth-order valence-electron chi connectivity index (χ4n) is 3.43. The summed E-state index contributed by atoms with van der Waals surface area (Å²) in [6.45, 7) is 0.214. The van der Waals surface area contributed by atoms with Gasteiger partial charge in [-0.25, -0.2) is 4.39 Å². The van der Waals surface area contributed by atoms with Crippen molar-refractivity contribution in [2.75, 3.05) is 12.8 Å². The number of benzene rings is 3. The van der Waals surface area contributed by atoms with Crippen molar-refractivity contribution in [1.82, 2.24) is 10.2 Å². The van der Waals surface area contributed by atoms with E-state index in [9.17, 15) is 14.0 Å². The minimum absolute atomic E-state index is 0.150. The van der Waals surface area contributed by atoms with Crippen LogP contribution in [0.4, 0.5) is 4.39 Å². The molecule has 1 N–H and O–H groups in total. The van der Waals surface area contributed by atoms with Gasteiger partial charge < -0.3 is 10.2 Å². The summed E-state index contributed by atoms with van der Waals surface area (Å²) in [5.74, 6) is 0.130. The van der Waals surface area contributed by atoms with Crippen molar-refractivity contribution in [3.05, 3.63) is 106 Å². The first-order valence-electron chi connectivity index (χ1n) is 10.6. The Bertz CT molecular complexity index is 1050. The molecule has 2 amide bonds. The van der Waals surface area contributed by atoms with Crippen LogP contribution in [0.15, 0.2) is 78.9 Å². The molecule has 0 unspecified atom stereocenters. The summed E-state index contributed by atoms with van der Waals surface area (Å²) in [6, 6.07) is 22.4. The number of nitrogens with zero attached hydrogens (tertiary/aromatic N) is 1. The molecule has 0 aromatic heterocycles. The lowest BCUT2D eigenvalue weighted by atomic mass is 10.0. The summed E-state index contributed by atoms with van der Waals surface area (Å²) in [5.41, 5.74) is 2.78. The molecule has 4 nitrogen and oxygen atoms in total. The number of halogens is 2. The van der Waals surface area contributed by atoms with Crippen molar-refractivity contribution in [3.63, 3.8) is 0 Å². The fraction of sp³-hybridized carbons (Fsp3) is 0.231. The largest absolute Gasteiger partial charge is 0.357 e. The highest BCUT2D eigenvalue weighted by Crippen LogP contribution is 2.19. The zero-order valence-corrected chi connectivity index (χ0v) is 19.9. The highest BCUT2D eigenvalue weighted by Gasteiger charge is 2.29. The average Bonchev–Trinajstić information content (AvgIpc) is 2.83. The van der Waals surface area contributed by atoms with Crippen molar-refractivity contribution >= 4 is 35.2 Å². The Morgan fingerprint density at radius 2 is 1.58 bits per heavy atom. The summed E-state index contributed by atoms with van der Waals surface area (Å²) >= 11 is 7.42. The van der Waals surface area contributed by atoms with E-state index in [0.29, 0.717) is 17.2 Å². The number of nitrogens with one attached hydrogen (secondary N) is 1. The summed E-state index contributed by atoms with van der Waals surface area (Å²) in [6.07, 6.45) is 0.384. The molecule has 0 aliphatic heterocycles. The van der Waals surface area contributed by atoms with Crippen LogP contribution in [0.1, 0.15) is 16.7 Å². The summed E-state index contributed by atoms with van der Waals surface area (Å²) < 4.78 is 13.4. The van der Waals surface area contributed by atoms with E-state index in [1.54, 1.807) is 24.1 Å². The molecule has 0 bridgehead atoms. The normalized spacial score (nSPS) is 11.6. The van der Waals surface area contributed by atoms with Gasteiger partial charge in [0.2, 0.25) is 11.8 Å². The van der Waals surface area contributed by atoms with Gasteiger partial charge in [-0.3, -0.25) is 9.59 Å². The molecule has 172 valence electrons. The minimum Gasteiger partial charge on any atom is -0.357 e. The van der Waals surface area contributed by atoms with Crippen molar-refractivity contribution < 1.29 is 14.0 Å². The molecule has 3 aromatic rings. The van der Waals surface area contributed by atoms with E-state index in [0.717, 1.165) is 16.7 Å². The van der Waals surface area contributed by atoms with Crippen molar-refractivity contribution in [3.8, 4) is 0 Å². The van der Waals surface area contributed by atoms with Crippen LogP contribution in [0.5, 0.6) is 0 Å². The predicted molar refractivity (Wildman–Crippen MR) is 133 cm³/mol. The molecule has 1 atom stereocenters. The second-order valence-electron chi connectivity index (χ2n) is 7.59. The molecule has 0 spiro atoms. The third-order valence-electron chi connectivity index (χ3n) is 5.19. The van der Waals surface area contributed by atoms with Crippen LogP contribution in [0.3, 0.4) is 0 Å². The number of hydrogen-bond donors (Lipinski definition) is 1. The van der Waals surface area contributed by atoms with Crippen LogP contribution in [0, 0.1) is 5.82 Å². The standard InChI is InChI=1S/C26H26ClFN2O2S/c1-29-26(32)24(15-19-5-3-2-4-6-19)30(16-20-9-13-23(28)14-10-20)25(31)18-33-17-21-7-11-22(27)12-8-21/h2-14,24H,15-18H2,1H3,(H,29,32)/t24-/m1/s1. The number of carbonyl (C=O) groups is 2. The maximum Gasteiger partial charge on any atom is 0.242 e. The Morgan fingerprint density at radius 1 is 0.939 bits per heavy atom. The lowest BCUT2D eigenvalue weighted by molar-refractivity contribution is -0.139. The van der Waals surface area contributed by atoms with E-state index in [1.165, 1.54) is 23.9 Å². The number of likely N-dealkylation sites (N-methyl/N-ethyl adjacent to an activating group) is 1. The zero-order valence-electron chi connectivity index (χ0n) is 18.3. The Labute approximate surface area is 203 Å². The van der Waals surface area contributed by atoms with Crippen LogP contribution in [0.25, 0.3) is 0 Å². The van der Waals surface area contributed by atoms with E-state index in [1.807, 2.05) is 54.6 Å². The van der Waals surface area contributed by atoms with Crippen molar-refractivity contribution in [1.29, 1.82) is 0 Å². The average molecular weight is 485 g/mol. The topological polar surface area (TPSA) is 49.4 Å². The molecule has 3 rings (SSSR count). The van der Waals surface area contributed by atoms with Gasteiger partial charge in [0.05, 0.1) is 5.75 Å². The quantitative estimate of drug-likeness (QED) is 0.435. The van der Waals surface area contributed by atoms with Crippen molar-refractivity contribution in [2.45, 2.75) is 24.8 Å². The molecule has 0 heterocycles. The number of rotatable bonds is 10. The first kappa shape index (κ1) is 24.8. The molecule has 0 fully saturated rings. The number of amides is 2. The first-order valence-corrected chi connectivity index (χ1v) is 12.1. The van der Waals surface area contributed by atoms with Gasteiger partial charge in [0.1, 0.15) is 11.9 Å². The van der Waals surface area contributed by atoms with Gasteiger partial charge in [0, 0.05) is 30.8 Å². The number of carbonyl (C=O) groups excluding carboxylic acids is 2. The van der Waals surface area contributed by atoms with Crippen LogP contribution in [-0.4, -0.2) is 35.6 Å². The van der Waals surface area contributed by atoms with E-state index in [2.05, 4.69) is 5.32 Å². The highest BCUT2D eigenvalue weighted by molar-refractivity contribution is 7.99. The molecule has 0 saturated heterocycles. The SMILES string of the molecule is CNC(=O)[C@@H](Cc1ccccc1)N(Cc1ccc(F)cc1)C(=O)CSCc1ccc(Cl)cc1. The van der Waals surface area contributed by atoms with Crippen molar-refractivity contribution in [2.24, 2.45) is 0 Å². The lowest BCUT2D eigenvalue weighted by Crippen LogP contribution is -2.50. The van der Waals surface area contributed by atoms with Gasteiger partial charge in [-0.15, -0.1) is 11.8 Å². The first-order chi connectivity index (χ1) is 16.0. The molecule has 0 saturated carbocycles. The molecular weight excluding hydrogens is 459 g/mol. The molecule has 0 radical (unpaired) electrons. The third-order valence-corrected chi connectivity index (χ3v) is 6.43. The number of thioether (sulfide) groups is 1.